The first-order chi connectivity index (χ1) is 10.1. The zero-order valence-electron chi connectivity index (χ0n) is 11.8. The molecule has 2 N–H and O–H groups in total. The van der Waals surface area contributed by atoms with E-state index in [1.165, 1.54) is 4.57 Å². The highest BCUT2D eigenvalue weighted by Gasteiger charge is 2.14. The Bertz CT molecular complexity index is 867. The van der Waals surface area contributed by atoms with Crippen molar-refractivity contribution in [3.63, 3.8) is 0 Å². The average Bonchev–Trinajstić information content (AvgIpc) is 2.53. The van der Waals surface area contributed by atoms with E-state index in [9.17, 15) is 4.79 Å². The second-order valence-corrected chi connectivity index (χ2v) is 4.76. The molecule has 0 aliphatic heterocycles. The number of rotatable bonds is 2. The van der Waals surface area contributed by atoms with Crippen LogP contribution in [0.5, 0.6) is 5.75 Å². The standard InChI is InChI=1S/C16H15N3O2/c1-19-15-12(4-3-9-18-15)13(14(17)16(19)20)10-5-7-11(21-2)8-6-10/h3-9H,17H2,1-2H3. The van der Waals surface area contributed by atoms with Gasteiger partial charge >= 0.3 is 0 Å². The highest BCUT2D eigenvalue weighted by molar-refractivity contribution is 5.98. The van der Waals surface area contributed by atoms with Crippen LogP contribution in [0.15, 0.2) is 47.4 Å². The molecule has 0 amide bonds. The number of nitrogen functional groups attached to an aromatic ring is 1. The molecule has 0 saturated carbocycles. The smallest absolute Gasteiger partial charge is 0.275 e. The lowest BCUT2D eigenvalue weighted by molar-refractivity contribution is 0.415. The molecule has 2 aromatic heterocycles. The fourth-order valence-corrected chi connectivity index (χ4v) is 2.46. The van der Waals surface area contributed by atoms with Gasteiger partial charge in [0, 0.05) is 24.2 Å². The quantitative estimate of drug-likeness (QED) is 0.781. The number of fused-ring (bicyclic) bond motifs is 1. The van der Waals surface area contributed by atoms with Gasteiger partial charge in [0.05, 0.1) is 7.11 Å². The number of benzene rings is 1. The van der Waals surface area contributed by atoms with E-state index in [0.29, 0.717) is 11.2 Å². The van der Waals surface area contributed by atoms with Crippen LogP contribution in [0.2, 0.25) is 0 Å². The molecular formula is C16H15N3O2. The SMILES string of the molecule is COc1ccc(-c2c(N)c(=O)n(C)c3ncccc23)cc1. The Morgan fingerprint density at radius 1 is 1.19 bits per heavy atom. The van der Waals surface area contributed by atoms with E-state index in [-0.39, 0.29) is 11.2 Å². The molecule has 21 heavy (non-hydrogen) atoms. The van der Waals surface area contributed by atoms with E-state index >= 15 is 0 Å². The highest BCUT2D eigenvalue weighted by atomic mass is 16.5. The lowest BCUT2D eigenvalue weighted by Gasteiger charge is -2.13. The van der Waals surface area contributed by atoms with Crippen LogP contribution in [0, 0.1) is 0 Å². The van der Waals surface area contributed by atoms with E-state index in [2.05, 4.69) is 4.98 Å². The van der Waals surface area contributed by atoms with Gasteiger partial charge in [-0.15, -0.1) is 0 Å². The van der Waals surface area contributed by atoms with Crippen molar-refractivity contribution in [2.75, 3.05) is 12.8 Å². The lowest BCUT2D eigenvalue weighted by Crippen LogP contribution is -2.22. The molecule has 0 fully saturated rings. The van der Waals surface area contributed by atoms with E-state index < -0.39 is 0 Å². The fourth-order valence-electron chi connectivity index (χ4n) is 2.46. The number of nitrogens with zero attached hydrogens (tertiary/aromatic N) is 2. The number of aryl methyl sites for hydroxylation is 1. The molecule has 0 aliphatic rings. The molecule has 0 aliphatic carbocycles. The first-order valence-electron chi connectivity index (χ1n) is 6.51. The van der Waals surface area contributed by atoms with Crippen molar-refractivity contribution in [1.29, 1.82) is 0 Å². The Morgan fingerprint density at radius 3 is 2.57 bits per heavy atom. The van der Waals surface area contributed by atoms with Crippen molar-refractivity contribution < 1.29 is 4.74 Å². The zero-order chi connectivity index (χ0) is 15.0. The molecular weight excluding hydrogens is 266 g/mol. The van der Waals surface area contributed by atoms with Crippen molar-refractivity contribution in [2.45, 2.75) is 0 Å². The molecule has 0 spiro atoms. The molecule has 0 atom stereocenters. The van der Waals surface area contributed by atoms with E-state index in [0.717, 1.165) is 16.7 Å². The summed E-state index contributed by atoms with van der Waals surface area (Å²) in [5, 5.41) is 0.849. The molecule has 0 radical (unpaired) electrons. The van der Waals surface area contributed by atoms with Crippen LogP contribution < -0.4 is 16.0 Å². The summed E-state index contributed by atoms with van der Waals surface area (Å²) in [6.45, 7) is 0. The summed E-state index contributed by atoms with van der Waals surface area (Å²) in [7, 11) is 3.28. The van der Waals surface area contributed by atoms with Gasteiger partial charge in [-0.3, -0.25) is 9.36 Å². The normalized spacial score (nSPS) is 10.8. The lowest BCUT2D eigenvalue weighted by atomic mass is 10.0. The molecule has 0 unspecified atom stereocenters. The minimum Gasteiger partial charge on any atom is -0.497 e. The van der Waals surface area contributed by atoms with Gasteiger partial charge in [0.15, 0.2) is 0 Å². The Kier molecular flexibility index (Phi) is 3.10. The van der Waals surface area contributed by atoms with Crippen molar-refractivity contribution in [3.05, 3.63) is 52.9 Å². The van der Waals surface area contributed by atoms with Crippen molar-refractivity contribution in [2.24, 2.45) is 7.05 Å². The molecule has 3 aromatic rings. The number of hydrogen-bond donors (Lipinski definition) is 1. The minimum atomic E-state index is -0.244. The summed E-state index contributed by atoms with van der Waals surface area (Å²) < 4.78 is 6.63. The first kappa shape index (κ1) is 13.2. The van der Waals surface area contributed by atoms with E-state index in [1.54, 1.807) is 20.4 Å². The maximum Gasteiger partial charge on any atom is 0.275 e. The number of anilines is 1. The number of nitrogens with two attached hydrogens (primary N) is 1. The molecule has 106 valence electrons. The van der Waals surface area contributed by atoms with E-state index in [1.807, 2.05) is 36.4 Å². The van der Waals surface area contributed by atoms with Crippen LogP contribution in [0.3, 0.4) is 0 Å². The molecule has 5 nitrogen and oxygen atoms in total. The predicted molar refractivity (Wildman–Crippen MR) is 83.4 cm³/mol. The minimum absolute atomic E-state index is 0.225. The summed E-state index contributed by atoms with van der Waals surface area (Å²) in [5.74, 6) is 0.753. The Balaban J connectivity index is 2.38. The van der Waals surface area contributed by atoms with Crippen molar-refractivity contribution in [1.82, 2.24) is 9.55 Å². The summed E-state index contributed by atoms with van der Waals surface area (Å²) in [6.07, 6.45) is 1.66. The zero-order valence-corrected chi connectivity index (χ0v) is 11.8. The highest BCUT2D eigenvalue weighted by Crippen LogP contribution is 2.31. The van der Waals surface area contributed by atoms with Crippen LogP contribution in [0.25, 0.3) is 22.2 Å². The van der Waals surface area contributed by atoms with Crippen LogP contribution in [-0.4, -0.2) is 16.7 Å². The Labute approximate surface area is 121 Å². The van der Waals surface area contributed by atoms with Gasteiger partial charge in [-0.1, -0.05) is 12.1 Å². The summed E-state index contributed by atoms with van der Waals surface area (Å²) >= 11 is 0. The van der Waals surface area contributed by atoms with Crippen LogP contribution >= 0.6 is 0 Å². The largest absolute Gasteiger partial charge is 0.497 e. The van der Waals surface area contributed by atoms with Gasteiger partial charge in [-0.25, -0.2) is 4.98 Å². The van der Waals surface area contributed by atoms with Crippen molar-refractivity contribution >= 4 is 16.7 Å². The van der Waals surface area contributed by atoms with Crippen molar-refractivity contribution in [3.8, 4) is 16.9 Å². The van der Waals surface area contributed by atoms with Gasteiger partial charge in [0.1, 0.15) is 17.1 Å². The van der Waals surface area contributed by atoms with Crippen LogP contribution in [0.1, 0.15) is 0 Å². The second-order valence-electron chi connectivity index (χ2n) is 4.76. The van der Waals surface area contributed by atoms with Crippen LogP contribution in [0.4, 0.5) is 5.69 Å². The van der Waals surface area contributed by atoms with Gasteiger partial charge in [0.25, 0.3) is 5.56 Å². The Morgan fingerprint density at radius 2 is 1.90 bits per heavy atom. The Hall–Kier alpha value is -2.82. The summed E-state index contributed by atoms with van der Waals surface area (Å²) in [5.41, 5.74) is 8.23. The molecule has 0 bridgehead atoms. The number of ether oxygens (including phenoxy) is 1. The van der Waals surface area contributed by atoms with Gasteiger partial charge in [0.2, 0.25) is 0 Å². The predicted octanol–water partition coefficient (Wildman–Crippen LogP) is 2.19. The third-order valence-corrected chi connectivity index (χ3v) is 3.56. The van der Waals surface area contributed by atoms with Gasteiger partial charge < -0.3 is 10.5 Å². The van der Waals surface area contributed by atoms with Gasteiger partial charge in [-0.2, -0.15) is 0 Å². The molecule has 5 heteroatoms. The average molecular weight is 281 g/mol. The number of methoxy groups -OCH3 is 1. The summed E-state index contributed by atoms with van der Waals surface area (Å²) in [6, 6.07) is 11.2. The second kappa shape index (κ2) is 4.94. The van der Waals surface area contributed by atoms with E-state index in [4.69, 9.17) is 10.5 Å². The molecule has 2 heterocycles. The third kappa shape index (κ3) is 2.03. The summed E-state index contributed by atoms with van der Waals surface area (Å²) in [4.78, 5) is 16.6. The maximum absolute atomic E-state index is 12.3. The maximum atomic E-state index is 12.3. The number of aromatic nitrogens is 2. The topological polar surface area (TPSA) is 70.1 Å². The molecule has 0 saturated heterocycles. The third-order valence-electron chi connectivity index (χ3n) is 3.56. The van der Waals surface area contributed by atoms with Crippen LogP contribution in [-0.2, 0) is 7.05 Å². The molecule has 1 aromatic carbocycles. The monoisotopic (exact) mass is 281 g/mol. The molecule has 3 rings (SSSR count). The number of pyridine rings is 2. The first-order valence-corrected chi connectivity index (χ1v) is 6.51. The van der Waals surface area contributed by atoms with Gasteiger partial charge in [-0.05, 0) is 29.8 Å². The number of hydrogen-bond acceptors (Lipinski definition) is 4. The fraction of sp³-hybridized carbons (Fsp3) is 0.125.